The molecule has 0 N–H and O–H groups in total. The molecule has 152 valence electrons. The molecule has 1 saturated heterocycles. The molecule has 2 amide bonds. The summed E-state index contributed by atoms with van der Waals surface area (Å²) in [6.45, 7) is 17.9. The molecule has 0 aromatic carbocycles. The molecule has 1 aliphatic rings. The number of hydrogen-bond acceptors (Lipinski definition) is 4. The summed E-state index contributed by atoms with van der Waals surface area (Å²) in [7, 11) is 0. The van der Waals surface area contributed by atoms with E-state index in [-0.39, 0.29) is 17.4 Å². The van der Waals surface area contributed by atoms with Crippen LogP contribution in [0, 0.1) is 0 Å². The molecule has 26 heavy (non-hydrogen) atoms. The molecule has 0 radical (unpaired) electrons. The van der Waals surface area contributed by atoms with Crippen LogP contribution in [0.2, 0.25) is 0 Å². The number of hydrogen-bond donors (Lipinski definition) is 0. The molecule has 6 heteroatoms. The maximum absolute atomic E-state index is 13.0. The van der Waals surface area contributed by atoms with E-state index in [1.165, 1.54) is 0 Å². The first-order valence-electron chi connectivity index (χ1n) is 9.79. The molecular weight excluding hydrogens is 332 g/mol. The minimum atomic E-state index is -0.880. The van der Waals surface area contributed by atoms with Crippen LogP contribution in [0.5, 0.6) is 0 Å². The van der Waals surface area contributed by atoms with Crippen molar-refractivity contribution in [3.63, 3.8) is 0 Å². The highest BCUT2D eigenvalue weighted by Gasteiger charge is 2.40. The first kappa shape index (κ1) is 22.9. The monoisotopic (exact) mass is 370 g/mol. The van der Waals surface area contributed by atoms with Gasteiger partial charge >= 0.3 is 0 Å². The molecular formula is C20H38N2O4. The van der Waals surface area contributed by atoms with E-state index in [0.29, 0.717) is 32.8 Å². The molecule has 1 aliphatic heterocycles. The number of carbonyl (C=O) groups is 2. The van der Waals surface area contributed by atoms with Crippen LogP contribution in [-0.4, -0.2) is 71.2 Å². The molecule has 0 unspecified atom stereocenters. The molecule has 1 heterocycles. The summed E-state index contributed by atoms with van der Waals surface area (Å²) in [5, 5.41) is 0. The highest BCUT2D eigenvalue weighted by molar-refractivity contribution is 5.86. The lowest BCUT2D eigenvalue weighted by atomic mass is 9.99. The largest absolute Gasteiger partial charge is 0.366 e. The fraction of sp³-hybridized carbons (Fsp3) is 0.900. The van der Waals surface area contributed by atoms with Crippen molar-refractivity contribution in [1.82, 2.24) is 9.80 Å². The van der Waals surface area contributed by atoms with Crippen molar-refractivity contribution >= 4 is 11.8 Å². The second kappa shape index (κ2) is 8.70. The second-order valence-corrected chi connectivity index (χ2v) is 8.65. The third kappa shape index (κ3) is 5.95. The Morgan fingerprint density at radius 1 is 0.808 bits per heavy atom. The molecule has 1 rings (SSSR count). The van der Waals surface area contributed by atoms with Crippen LogP contribution < -0.4 is 0 Å². The summed E-state index contributed by atoms with van der Waals surface area (Å²) in [4.78, 5) is 29.2. The van der Waals surface area contributed by atoms with Crippen molar-refractivity contribution in [2.24, 2.45) is 0 Å². The van der Waals surface area contributed by atoms with Crippen LogP contribution in [0.1, 0.15) is 68.2 Å². The van der Waals surface area contributed by atoms with Crippen molar-refractivity contribution < 1.29 is 19.1 Å². The van der Waals surface area contributed by atoms with Crippen LogP contribution in [0.4, 0.5) is 0 Å². The highest BCUT2D eigenvalue weighted by Crippen LogP contribution is 2.27. The first-order chi connectivity index (χ1) is 11.9. The molecule has 1 fully saturated rings. The Bertz CT molecular complexity index is 492. The SMILES string of the molecule is CCCC(C)(C)OC(C)(C)C(=O)N1CCN(C(=O)C(C)(C)OCC)CC1. The Balaban J connectivity index is 2.67. The Morgan fingerprint density at radius 2 is 1.23 bits per heavy atom. The van der Waals surface area contributed by atoms with Gasteiger partial charge in [0.25, 0.3) is 11.8 Å². The third-order valence-electron chi connectivity index (χ3n) is 4.77. The lowest BCUT2D eigenvalue weighted by molar-refractivity contribution is -0.177. The minimum Gasteiger partial charge on any atom is -0.366 e. The van der Waals surface area contributed by atoms with E-state index in [1.54, 1.807) is 23.6 Å². The Morgan fingerprint density at radius 3 is 1.62 bits per heavy atom. The van der Waals surface area contributed by atoms with E-state index >= 15 is 0 Å². The smallest absolute Gasteiger partial charge is 0.254 e. The van der Waals surface area contributed by atoms with Crippen LogP contribution in [0.15, 0.2) is 0 Å². The molecule has 0 bridgehead atoms. The van der Waals surface area contributed by atoms with E-state index in [1.807, 2.05) is 34.6 Å². The molecule has 0 spiro atoms. The second-order valence-electron chi connectivity index (χ2n) is 8.65. The number of nitrogens with zero attached hydrogens (tertiary/aromatic N) is 2. The van der Waals surface area contributed by atoms with Crippen LogP contribution in [0.25, 0.3) is 0 Å². The van der Waals surface area contributed by atoms with Crippen molar-refractivity contribution in [3.8, 4) is 0 Å². The average Bonchev–Trinajstić information content (AvgIpc) is 2.52. The lowest BCUT2D eigenvalue weighted by Crippen LogP contribution is -2.59. The maximum atomic E-state index is 13.0. The van der Waals surface area contributed by atoms with Crippen molar-refractivity contribution in [3.05, 3.63) is 0 Å². The average molecular weight is 371 g/mol. The standard InChI is InChI=1S/C20H38N2O4/c1-9-11-18(3,4)26-20(7,8)17(24)22-14-12-21(13-15-22)16(23)19(5,6)25-10-2/h9-15H2,1-8H3. The summed E-state index contributed by atoms with van der Waals surface area (Å²) < 4.78 is 11.7. The summed E-state index contributed by atoms with van der Waals surface area (Å²) in [6.07, 6.45) is 1.91. The van der Waals surface area contributed by atoms with Gasteiger partial charge in [0.1, 0.15) is 11.2 Å². The van der Waals surface area contributed by atoms with Gasteiger partial charge in [-0.2, -0.15) is 0 Å². The normalized spacial score (nSPS) is 16.8. The molecule has 6 nitrogen and oxygen atoms in total. The topological polar surface area (TPSA) is 59.1 Å². The Hall–Kier alpha value is -1.14. The zero-order valence-electron chi connectivity index (χ0n) is 18.0. The number of rotatable bonds is 8. The zero-order valence-corrected chi connectivity index (χ0v) is 18.0. The summed E-state index contributed by atoms with van der Waals surface area (Å²) in [5.41, 5.74) is -2.05. The summed E-state index contributed by atoms with van der Waals surface area (Å²) >= 11 is 0. The third-order valence-corrected chi connectivity index (χ3v) is 4.77. The quantitative estimate of drug-likeness (QED) is 0.659. The number of carbonyl (C=O) groups excluding carboxylic acids is 2. The maximum Gasteiger partial charge on any atom is 0.254 e. The fourth-order valence-corrected chi connectivity index (χ4v) is 3.68. The number of ether oxygens (including phenoxy) is 2. The Labute approximate surface area is 159 Å². The minimum absolute atomic E-state index is 0.0159. The lowest BCUT2D eigenvalue weighted by Gasteiger charge is -2.42. The molecule has 0 aliphatic carbocycles. The fourth-order valence-electron chi connectivity index (χ4n) is 3.68. The molecule has 0 atom stereocenters. The van der Waals surface area contributed by atoms with Crippen molar-refractivity contribution in [1.29, 1.82) is 0 Å². The Kier molecular flexibility index (Phi) is 7.66. The van der Waals surface area contributed by atoms with Gasteiger partial charge in [0.15, 0.2) is 0 Å². The zero-order chi connectivity index (χ0) is 20.2. The van der Waals surface area contributed by atoms with Crippen molar-refractivity contribution in [2.45, 2.75) is 85.0 Å². The van der Waals surface area contributed by atoms with E-state index in [9.17, 15) is 9.59 Å². The predicted molar refractivity (Wildman–Crippen MR) is 103 cm³/mol. The van der Waals surface area contributed by atoms with E-state index in [2.05, 4.69) is 6.92 Å². The van der Waals surface area contributed by atoms with Gasteiger partial charge in [0.2, 0.25) is 0 Å². The van der Waals surface area contributed by atoms with Gasteiger partial charge in [0.05, 0.1) is 5.60 Å². The predicted octanol–water partition coefficient (Wildman–Crippen LogP) is 2.85. The molecule has 0 aromatic rings. The summed E-state index contributed by atoms with van der Waals surface area (Å²) in [5.74, 6) is -0.0381. The van der Waals surface area contributed by atoms with Gasteiger partial charge in [-0.1, -0.05) is 13.3 Å². The van der Waals surface area contributed by atoms with Gasteiger partial charge in [-0.15, -0.1) is 0 Å². The van der Waals surface area contributed by atoms with E-state index < -0.39 is 11.2 Å². The van der Waals surface area contributed by atoms with Gasteiger partial charge < -0.3 is 19.3 Å². The summed E-state index contributed by atoms with van der Waals surface area (Å²) in [6, 6.07) is 0. The van der Waals surface area contributed by atoms with Gasteiger partial charge in [-0.05, 0) is 54.9 Å². The van der Waals surface area contributed by atoms with Crippen LogP contribution in [-0.2, 0) is 19.1 Å². The number of piperazine rings is 1. The first-order valence-corrected chi connectivity index (χ1v) is 9.79. The molecule has 0 saturated carbocycles. The highest BCUT2D eigenvalue weighted by atomic mass is 16.5. The molecule has 0 aromatic heterocycles. The van der Waals surface area contributed by atoms with Crippen LogP contribution >= 0.6 is 0 Å². The van der Waals surface area contributed by atoms with Gasteiger partial charge in [0, 0.05) is 32.8 Å². The number of amides is 2. The van der Waals surface area contributed by atoms with Gasteiger partial charge in [-0.3, -0.25) is 9.59 Å². The van der Waals surface area contributed by atoms with Crippen molar-refractivity contribution in [2.75, 3.05) is 32.8 Å². The van der Waals surface area contributed by atoms with E-state index in [4.69, 9.17) is 9.47 Å². The van der Waals surface area contributed by atoms with E-state index in [0.717, 1.165) is 12.8 Å². The van der Waals surface area contributed by atoms with Gasteiger partial charge in [-0.25, -0.2) is 0 Å². The van der Waals surface area contributed by atoms with Crippen LogP contribution in [0.3, 0.4) is 0 Å².